The van der Waals surface area contributed by atoms with Crippen LogP contribution in [0.1, 0.15) is 12.5 Å². The topological polar surface area (TPSA) is 32.3 Å². The Bertz CT molecular complexity index is 264. The summed E-state index contributed by atoms with van der Waals surface area (Å²) in [4.78, 5) is 0. The Labute approximate surface area is 78.9 Å². The van der Waals surface area contributed by atoms with Gasteiger partial charge in [0.25, 0.3) is 0 Å². The molecule has 0 saturated carbocycles. The monoisotopic (exact) mass is 177 g/mol. The minimum absolute atomic E-state index is 0.317. The standard InChI is InChI=1S/C11H15NO/c1-2-3-8-12-9-10-4-6-11(13)7-5-10/h2-7,12-13H,8-9H2,1H3/b3-2+. The van der Waals surface area contributed by atoms with Crippen molar-refractivity contribution in [3.05, 3.63) is 42.0 Å². The lowest BCUT2D eigenvalue weighted by Crippen LogP contribution is -2.12. The second-order valence-electron chi connectivity index (χ2n) is 2.87. The molecule has 0 amide bonds. The first-order valence-electron chi connectivity index (χ1n) is 4.42. The molecule has 0 fully saturated rings. The summed E-state index contributed by atoms with van der Waals surface area (Å²) in [6.45, 7) is 3.73. The molecule has 0 aliphatic carbocycles. The van der Waals surface area contributed by atoms with Crippen LogP contribution >= 0.6 is 0 Å². The summed E-state index contributed by atoms with van der Waals surface area (Å²) in [5.41, 5.74) is 1.18. The van der Waals surface area contributed by atoms with E-state index in [9.17, 15) is 0 Å². The number of allylic oxidation sites excluding steroid dienone is 1. The molecule has 0 saturated heterocycles. The average molecular weight is 177 g/mol. The maximum atomic E-state index is 9.03. The number of rotatable bonds is 4. The number of phenolic OH excluding ortho intramolecular Hbond substituents is 1. The van der Waals surface area contributed by atoms with Crippen LogP contribution in [0, 0.1) is 0 Å². The van der Waals surface area contributed by atoms with Crippen LogP contribution in [0.5, 0.6) is 5.75 Å². The quantitative estimate of drug-likeness (QED) is 0.545. The molecule has 0 radical (unpaired) electrons. The van der Waals surface area contributed by atoms with Gasteiger partial charge >= 0.3 is 0 Å². The van der Waals surface area contributed by atoms with Gasteiger partial charge in [-0.15, -0.1) is 0 Å². The van der Waals surface area contributed by atoms with Crippen molar-refractivity contribution in [1.82, 2.24) is 5.32 Å². The van der Waals surface area contributed by atoms with Crippen LogP contribution in [0.2, 0.25) is 0 Å². The Morgan fingerprint density at radius 2 is 2.00 bits per heavy atom. The summed E-state index contributed by atoms with van der Waals surface area (Å²) in [6, 6.07) is 7.23. The van der Waals surface area contributed by atoms with E-state index in [4.69, 9.17) is 5.11 Å². The van der Waals surface area contributed by atoms with Gasteiger partial charge in [0, 0.05) is 13.1 Å². The smallest absolute Gasteiger partial charge is 0.115 e. The maximum Gasteiger partial charge on any atom is 0.115 e. The molecule has 2 N–H and O–H groups in total. The summed E-state index contributed by atoms with van der Waals surface area (Å²) >= 11 is 0. The van der Waals surface area contributed by atoms with Gasteiger partial charge in [0.2, 0.25) is 0 Å². The van der Waals surface area contributed by atoms with Crippen LogP contribution in [-0.2, 0) is 6.54 Å². The van der Waals surface area contributed by atoms with Gasteiger partial charge in [-0.05, 0) is 24.6 Å². The fraction of sp³-hybridized carbons (Fsp3) is 0.273. The third-order valence-electron chi connectivity index (χ3n) is 1.76. The molecule has 2 heteroatoms. The van der Waals surface area contributed by atoms with E-state index >= 15 is 0 Å². The molecular formula is C11H15NO. The number of benzene rings is 1. The first-order valence-corrected chi connectivity index (χ1v) is 4.42. The summed E-state index contributed by atoms with van der Waals surface area (Å²) in [5, 5.41) is 12.3. The highest BCUT2D eigenvalue weighted by atomic mass is 16.3. The summed E-state index contributed by atoms with van der Waals surface area (Å²) in [5.74, 6) is 0.317. The van der Waals surface area contributed by atoms with Crippen molar-refractivity contribution in [1.29, 1.82) is 0 Å². The van der Waals surface area contributed by atoms with Crippen molar-refractivity contribution in [2.24, 2.45) is 0 Å². The molecule has 0 aromatic heterocycles. The second kappa shape index (κ2) is 5.38. The van der Waals surface area contributed by atoms with Crippen LogP contribution in [0.4, 0.5) is 0 Å². The molecule has 0 spiro atoms. The van der Waals surface area contributed by atoms with Crippen LogP contribution < -0.4 is 5.32 Å². The minimum atomic E-state index is 0.317. The van der Waals surface area contributed by atoms with Gasteiger partial charge in [0.1, 0.15) is 5.75 Å². The van der Waals surface area contributed by atoms with Crippen LogP contribution in [0.25, 0.3) is 0 Å². The SMILES string of the molecule is C/C=C/CNCc1ccc(O)cc1. The molecule has 0 unspecified atom stereocenters. The lowest BCUT2D eigenvalue weighted by atomic mass is 10.2. The first-order chi connectivity index (χ1) is 6.33. The molecule has 0 bridgehead atoms. The maximum absolute atomic E-state index is 9.03. The van der Waals surface area contributed by atoms with E-state index in [1.165, 1.54) is 5.56 Å². The highest BCUT2D eigenvalue weighted by Crippen LogP contribution is 2.08. The minimum Gasteiger partial charge on any atom is -0.508 e. The zero-order chi connectivity index (χ0) is 9.52. The summed E-state index contributed by atoms with van der Waals surface area (Å²) in [7, 11) is 0. The van der Waals surface area contributed by atoms with Crippen molar-refractivity contribution < 1.29 is 5.11 Å². The molecule has 2 nitrogen and oxygen atoms in total. The fourth-order valence-electron chi connectivity index (χ4n) is 1.03. The number of phenols is 1. The third-order valence-corrected chi connectivity index (χ3v) is 1.76. The zero-order valence-corrected chi connectivity index (χ0v) is 7.83. The van der Waals surface area contributed by atoms with E-state index in [-0.39, 0.29) is 0 Å². The van der Waals surface area contributed by atoms with E-state index in [1.54, 1.807) is 12.1 Å². The highest BCUT2D eigenvalue weighted by molar-refractivity contribution is 5.25. The van der Waals surface area contributed by atoms with Gasteiger partial charge in [0.05, 0.1) is 0 Å². The van der Waals surface area contributed by atoms with Crippen LogP contribution in [-0.4, -0.2) is 11.7 Å². The second-order valence-corrected chi connectivity index (χ2v) is 2.87. The number of hydrogen-bond donors (Lipinski definition) is 2. The molecule has 0 aliphatic heterocycles. The van der Waals surface area contributed by atoms with Gasteiger partial charge in [-0.25, -0.2) is 0 Å². The predicted molar refractivity (Wildman–Crippen MR) is 54.6 cm³/mol. The Morgan fingerprint density at radius 3 is 2.62 bits per heavy atom. The molecule has 0 aliphatic rings. The van der Waals surface area contributed by atoms with E-state index in [0.29, 0.717) is 5.75 Å². The average Bonchev–Trinajstić information content (AvgIpc) is 2.15. The van der Waals surface area contributed by atoms with Crippen molar-refractivity contribution in [2.45, 2.75) is 13.5 Å². The van der Waals surface area contributed by atoms with E-state index in [0.717, 1.165) is 13.1 Å². The van der Waals surface area contributed by atoms with Gasteiger partial charge in [-0.1, -0.05) is 24.3 Å². The van der Waals surface area contributed by atoms with Crippen molar-refractivity contribution in [3.8, 4) is 5.75 Å². The number of aromatic hydroxyl groups is 1. The van der Waals surface area contributed by atoms with Crippen molar-refractivity contribution in [3.63, 3.8) is 0 Å². The van der Waals surface area contributed by atoms with Gasteiger partial charge < -0.3 is 10.4 Å². The summed E-state index contributed by atoms with van der Waals surface area (Å²) < 4.78 is 0. The Balaban J connectivity index is 2.33. The molecule has 0 atom stereocenters. The van der Waals surface area contributed by atoms with Gasteiger partial charge in [0.15, 0.2) is 0 Å². The Hall–Kier alpha value is -1.28. The van der Waals surface area contributed by atoms with Crippen molar-refractivity contribution >= 4 is 0 Å². The lowest BCUT2D eigenvalue weighted by molar-refractivity contribution is 0.475. The first kappa shape index (κ1) is 9.81. The Morgan fingerprint density at radius 1 is 1.31 bits per heavy atom. The molecule has 70 valence electrons. The Kier molecular flexibility index (Phi) is 4.06. The number of nitrogens with one attached hydrogen (secondary N) is 1. The molecule has 1 rings (SSSR count). The molecule has 0 heterocycles. The normalized spacial score (nSPS) is 10.8. The van der Waals surface area contributed by atoms with Gasteiger partial charge in [-0.2, -0.15) is 0 Å². The van der Waals surface area contributed by atoms with E-state index < -0.39 is 0 Å². The van der Waals surface area contributed by atoms with Crippen molar-refractivity contribution in [2.75, 3.05) is 6.54 Å². The highest BCUT2D eigenvalue weighted by Gasteiger charge is 1.90. The fourth-order valence-corrected chi connectivity index (χ4v) is 1.03. The van der Waals surface area contributed by atoms with E-state index in [2.05, 4.69) is 11.4 Å². The van der Waals surface area contributed by atoms with E-state index in [1.807, 2.05) is 25.1 Å². The van der Waals surface area contributed by atoms with Gasteiger partial charge in [-0.3, -0.25) is 0 Å². The third kappa shape index (κ3) is 3.76. The molecule has 13 heavy (non-hydrogen) atoms. The van der Waals surface area contributed by atoms with Crippen LogP contribution in [0.3, 0.4) is 0 Å². The largest absolute Gasteiger partial charge is 0.508 e. The molecule has 1 aromatic carbocycles. The van der Waals surface area contributed by atoms with Crippen LogP contribution in [0.15, 0.2) is 36.4 Å². The molecule has 1 aromatic rings. The molecular weight excluding hydrogens is 162 g/mol. The zero-order valence-electron chi connectivity index (χ0n) is 7.83. The number of hydrogen-bond acceptors (Lipinski definition) is 2. The predicted octanol–water partition coefficient (Wildman–Crippen LogP) is 2.06. The lowest BCUT2D eigenvalue weighted by Gasteiger charge is -2.01. The summed E-state index contributed by atoms with van der Waals surface area (Å²) in [6.07, 6.45) is 4.09.